The molecule has 0 saturated carbocycles. The molecule has 1 fully saturated rings. The first-order valence-electron chi connectivity index (χ1n) is 10.2. The Bertz CT molecular complexity index is 1020. The molecule has 5 heteroatoms. The highest BCUT2D eigenvalue weighted by Gasteiger charge is 2.28. The van der Waals surface area contributed by atoms with Gasteiger partial charge >= 0.3 is 0 Å². The van der Waals surface area contributed by atoms with E-state index in [0.29, 0.717) is 26.1 Å². The molecule has 2 heterocycles. The number of furan rings is 1. The first-order chi connectivity index (χ1) is 14.1. The Morgan fingerprint density at radius 1 is 1.10 bits per heavy atom. The lowest BCUT2D eigenvalue weighted by Crippen LogP contribution is -2.45. The van der Waals surface area contributed by atoms with Crippen molar-refractivity contribution >= 4 is 22.6 Å². The molecule has 1 N–H and O–H groups in total. The van der Waals surface area contributed by atoms with Crippen LogP contribution in [0.15, 0.2) is 59.0 Å². The molecule has 2 aromatic carbocycles. The van der Waals surface area contributed by atoms with Gasteiger partial charge in [-0.25, -0.2) is 0 Å². The van der Waals surface area contributed by atoms with Gasteiger partial charge in [0.05, 0.1) is 18.9 Å². The minimum atomic E-state index is -0.170. The minimum absolute atomic E-state index is 0.0123. The number of piperidine rings is 1. The van der Waals surface area contributed by atoms with Crippen molar-refractivity contribution < 1.29 is 14.0 Å². The minimum Gasteiger partial charge on any atom is -0.465 e. The third kappa shape index (κ3) is 4.50. The van der Waals surface area contributed by atoms with Crippen LogP contribution in [0.25, 0.3) is 10.8 Å². The molecule has 0 unspecified atom stereocenters. The molecule has 1 saturated heterocycles. The van der Waals surface area contributed by atoms with E-state index in [0.717, 1.165) is 40.7 Å². The summed E-state index contributed by atoms with van der Waals surface area (Å²) in [5.74, 6) is 1.48. The summed E-state index contributed by atoms with van der Waals surface area (Å²) in [5.41, 5.74) is 1.04. The Balaban J connectivity index is 1.37. The summed E-state index contributed by atoms with van der Waals surface area (Å²) >= 11 is 0. The molecule has 150 valence electrons. The number of nitrogens with zero attached hydrogens (tertiary/aromatic N) is 1. The van der Waals surface area contributed by atoms with Crippen LogP contribution >= 0.6 is 0 Å². The van der Waals surface area contributed by atoms with Gasteiger partial charge in [0.1, 0.15) is 11.5 Å². The Labute approximate surface area is 170 Å². The molecule has 0 spiro atoms. The van der Waals surface area contributed by atoms with Gasteiger partial charge in [-0.05, 0) is 48.2 Å². The molecule has 1 aromatic heterocycles. The standard InChI is InChI=1S/C24H26N2O3/c1-17-11-12-21(29-17)15-25-24(28)20-9-5-13-26(16-20)23(27)14-19-8-4-7-18-6-2-3-10-22(18)19/h2-4,6-8,10-12,20H,5,9,13-16H2,1H3,(H,25,28)/t20-/m1/s1. The van der Waals surface area contributed by atoms with Crippen molar-refractivity contribution in [2.75, 3.05) is 13.1 Å². The number of nitrogens with one attached hydrogen (secondary N) is 1. The zero-order valence-corrected chi connectivity index (χ0v) is 16.7. The molecule has 0 aliphatic carbocycles. The van der Waals surface area contributed by atoms with E-state index in [-0.39, 0.29) is 17.7 Å². The van der Waals surface area contributed by atoms with Gasteiger partial charge in [0.2, 0.25) is 11.8 Å². The van der Waals surface area contributed by atoms with Crippen LogP contribution in [0.3, 0.4) is 0 Å². The summed E-state index contributed by atoms with van der Waals surface area (Å²) in [6.07, 6.45) is 2.02. The van der Waals surface area contributed by atoms with Crippen molar-refractivity contribution in [3.63, 3.8) is 0 Å². The second-order valence-electron chi connectivity index (χ2n) is 7.72. The van der Waals surface area contributed by atoms with E-state index < -0.39 is 0 Å². The highest BCUT2D eigenvalue weighted by molar-refractivity contribution is 5.90. The lowest BCUT2D eigenvalue weighted by atomic mass is 9.96. The number of carbonyl (C=O) groups is 2. The topological polar surface area (TPSA) is 62.6 Å². The van der Waals surface area contributed by atoms with Gasteiger partial charge in [0, 0.05) is 13.1 Å². The van der Waals surface area contributed by atoms with Crippen LogP contribution in [0.2, 0.25) is 0 Å². The van der Waals surface area contributed by atoms with E-state index in [1.165, 1.54) is 0 Å². The second-order valence-corrected chi connectivity index (χ2v) is 7.72. The number of hydrogen-bond acceptors (Lipinski definition) is 3. The van der Waals surface area contributed by atoms with Crippen LogP contribution in [0.1, 0.15) is 29.9 Å². The number of rotatable bonds is 5. The maximum Gasteiger partial charge on any atom is 0.227 e. The van der Waals surface area contributed by atoms with E-state index in [1.54, 1.807) is 0 Å². The lowest BCUT2D eigenvalue weighted by molar-refractivity contribution is -0.135. The van der Waals surface area contributed by atoms with E-state index in [4.69, 9.17) is 4.42 Å². The SMILES string of the molecule is Cc1ccc(CNC(=O)[C@@H]2CCCN(C(=O)Cc3cccc4ccccc34)C2)o1. The Morgan fingerprint density at radius 3 is 2.76 bits per heavy atom. The summed E-state index contributed by atoms with van der Waals surface area (Å²) in [5, 5.41) is 5.20. The molecule has 1 aliphatic heterocycles. The van der Waals surface area contributed by atoms with Crippen LogP contribution in [-0.2, 0) is 22.6 Å². The van der Waals surface area contributed by atoms with Crippen LogP contribution in [0.4, 0.5) is 0 Å². The monoisotopic (exact) mass is 390 g/mol. The van der Waals surface area contributed by atoms with Crippen LogP contribution in [-0.4, -0.2) is 29.8 Å². The molecule has 1 atom stereocenters. The number of likely N-dealkylation sites (tertiary alicyclic amines) is 1. The molecular formula is C24H26N2O3. The van der Waals surface area contributed by atoms with Crippen molar-refractivity contribution in [2.45, 2.75) is 32.7 Å². The highest BCUT2D eigenvalue weighted by Crippen LogP contribution is 2.22. The summed E-state index contributed by atoms with van der Waals surface area (Å²) < 4.78 is 5.50. The largest absolute Gasteiger partial charge is 0.465 e. The number of amides is 2. The molecular weight excluding hydrogens is 364 g/mol. The van der Waals surface area contributed by atoms with Crippen molar-refractivity contribution in [3.05, 3.63) is 71.7 Å². The van der Waals surface area contributed by atoms with Gasteiger partial charge in [-0.2, -0.15) is 0 Å². The van der Waals surface area contributed by atoms with Crippen molar-refractivity contribution in [1.82, 2.24) is 10.2 Å². The van der Waals surface area contributed by atoms with Crippen LogP contribution < -0.4 is 5.32 Å². The van der Waals surface area contributed by atoms with Gasteiger partial charge < -0.3 is 14.6 Å². The maximum atomic E-state index is 12.9. The Morgan fingerprint density at radius 2 is 1.93 bits per heavy atom. The predicted molar refractivity (Wildman–Crippen MR) is 112 cm³/mol. The molecule has 3 aromatic rings. The molecule has 4 rings (SSSR count). The predicted octanol–water partition coefficient (Wildman–Crippen LogP) is 3.84. The van der Waals surface area contributed by atoms with Crippen molar-refractivity contribution in [2.24, 2.45) is 5.92 Å². The van der Waals surface area contributed by atoms with E-state index in [1.807, 2.05) is 48.2 Å². The molecule has 2 amide bonds. The number of fused-ring (bicyclic) bond motifs is 1. The van der Waals surface area contributed by atoms with Crippen LogP contribution in [0, 0.1) is 12.8 Å². The normalized spacial score (nSPS) is 16.7. The third-order valence-electron chi connectivity index (χ3n) is 5.60. The quantitative estimate of drug-likeness (QED) is 0.720. The number of benzene rings is 2. The number of hydrogen-bond donors (Lipinski definition) is 1. The molecule has 1 aliphatic rings. The highest BCUT2D eigenvalue weighted by atomic mass is 16.3. The summed E-state index contributed by atoms with van der Waals surface area (Å²) in [6, 6.07) is 17.9. The zero-order valence-electron chi connectivity index (χ0n) is 16.7. The van der Waals surface area contributed by atoms with E-state index >= 15 is 0 Å². The third-order valence-corrected chi connectivity index (χ3v) is 5.60. The van der Waals surface area contributed by atoms with Gasteiger partial charge in [0.25, 0.3) is 0 Å². The van der Waals surface area contributed by atoms with Gasteiger partial charge in [0.15, 0.2) is 0 Å². The average Bonchev–Trinajstić information content (AvgIpc) is 3.17. The first kappa shape index (κ1) is 19.2. The van der Waals surface area contributed by atoms with Gasteiger partial charge in [-0.1, -0.05) is 42.5 Å². The molecule has 29 heavy (non-hydrogen) atoms. The fraction of sp³-hybridized carbons (Fsp3) is 0.333. The van der Waals surface area contributed by atoms with Crippen molar-refractivity contribution in [3.8, 4) is 0 Å². The van der Waals surface area contributed by atoms with Gasteiger partial charge in [-0.3, -0.25) is 9.59 Å². The lowest BCUT2D eigenvalue weighted by Gasteiger charge is -2.32. The molecule has 0 bridgehead atoms. The Kier molecular flexibility index (Phi) is 5.65. The zero-order chi connectivity index (χ0) is 20.2. The van der Waals surface area contributed by atoms with E-state index in [2.05, 4.69) is 23.5 Å². The fourth-order valence-electron chi connectivity index (χ4n) is 4.04. The number of carbonyl (C=O) groups excluding carboxylic acids is 2. The van der Waals surface area contributed by atoms with Crippen LogP contribution in [0.5, 0.6) is 0 Å². The molecule has 0 radical (unpaired) electrons. The summed E-state index contributed by atoms with van der Waals surface area (Å²) in [7, 11) is 0. The van der Waals surface area contributed by atoms with Crippen molar-refractivity contribution in [1.29, 1.82) is 0 Å². The maximum absolute atomic E-state index is 12.9. The second kappa shape index (κ2) is 8.52. The molecule has 5 nitrogen and oxygen atoms in total. The first-order valence-corrected chi connectivity index (χ1v) is 10.2. The smallest absolute Gasteiger partial charge is 0.227 e. The Hall–Kier alpha value is -3.08. The average molecular weight is 390 g/mol. The van der Waals surface area contributed by atoms with Gasteiger partial charge in [-0.15, -0.1) is 0 Å². The number of aryl methyl sites for hydroxylation is 1. The fourth-order valence-corrected chi connectivity index (χ4v) is 4.04. The van der Waals surface area contributed by atoms with E-state index in [9.17, 15) is 9.59 Å². The summed E-state index contributed by atoms with van der Waals surface area (Å²) in [6.45, 7) is 3.45. The summed E-state index contributed by atoms with van der Waals surface area (Å²) in [4.78, 5) is 27.4.